The first-order chi connectivity index (χ1) is 40.8. The van der Waals surface area contributed by atoms with E-state index in [0.29, 0.717) is 79.3 Å². The Hall–Kier alpha value is -7.88. The second-order valence-corrected chi connectivity index (χ2v) is 22.2. The number of rotatable bonds is 29. The Labute approximate surface area is 498 Å². The summed E-state index contributed by atoms with van der Waals surface area (Å²) >= 11 is 3.57. The summed E-state index contributed by atoms with van der Waals surface area (Å²) in [6, 6.07) is 39.5. The van der Waals surface area contributed by atoms with E-state index in [1.165, 1.54) is 25.8 Å². The highest BCUT2D eigenvalue weighted by atomic mass is 32.2. The molecule has 2 heterocycles. The molecule has 4 amide bonds. The van der Waals surface area contributed by atoms with Crippen molar-refractivity contribution in [2.75, 3.05) is 91.5 Å². The van der Waals surface area contributed by atoms with Gasteiger partial charge in [0.15, 0.2) is 5.78 Å². The van der Waals surface area contributed by atoms with Gasteiger partial charge >= 0.3 is 18.0 Å². The van der Waals surface area contributed by atoms with Crippen LogP contribution in [0, 0.1) is 0 Å². The van der Waals surface area contributed by atoms with Crippen LogP contribution < -0.4 is 30.7 Å². The van der Waals surface area contributed by atoms with Crippen molar-refractivity contribution in [2.24, 2.45) is 0 Å². The van der Waals surface area contributed by atoms with Gasteiger partial charge in [-0.2, -0.15) is 0 Å². The number of benzene rings is 6. The molecule has 18 nitrogen and oxygen atoms in total. The maximum absolute atomic E-state index is 13.4. The van der Waals surface area contributed by atoms with Crippen molar-refractivity contribution in [1.29, 1.82) is 0 Å². The molecule has 6 aromatic carbocycles. The Morgan fingerprint density at radius 2 is 1.40 bits per heavy atom. The number of para-hydroxylation sites is 1. The van der Waals surface area contributed by atoms with Gasteiger partial charge in [-0.15, -0.1) is 11.8 Å². The smallest absolute Gasteiger partial charge is 0.335 e. The lowest BCUT2D eigenvalue weighted by atomic mass is 9.96. The number of amides is 4. The number of carbonyl (C=O) groups is 6. The molecule has 2 aliphatic rings. The minimum Gasteiger partial charge on any atom is -0.496 e. The Kier molecular flexibility index (Phi) is 23.0. The second-order valence-electron chi connectivity index (χ2n) is 20.3. The van der Waals surface area contributed by atoms with Gasteiger partial charge in [-0.3, -0.25) is 19.3 Å². The first kappa shape index (κ1) is 62.2. The summed E-state index contributed by atoms with van der Waals surface area (Å²) in [7, 11) is 3.12. The Morgan fingerprint density at radius 1 is 0.690 bits per heavy atom. The molecule has 0 saturated carbocycles. The monoisotopic (exact) mass is 1180 g/mol. The lowest BCUT2D eigenvalue weighted by molar-refractivity contribution is -0.142. The predicted octanol–water partition coefficient (Wildman–Crippen LogP) is 9.75. The number of unbranched alkanes of at least 4 members (excludes halogenated alkanes) is 1. The van der Waals surface area contributed by atoms with Gasteiger partial charge in [0.25, 0.3) is 5.91 Å². The fraction of sp³-hybridized carbons (Fsp3) is 0.344. The van der Waals surface area contributed by atoms with E-state index in [1.807, 2.05) is 59.1 Å². The van der Waals surface area contributed by atoms with Crippen LogP contribution in [0.25, 0.3) is 11.1 Å². The van der Waals surface area contributed by atoms with E-state index in [0.717, 1.165) is 36.2 Å². The van der Waals surface area contributed by atoms with Crippen molar-refractivity contribution in [2.45, 2.75) is 71.7 Å². The first-order valence-electron chi connectivity index (χ1n) is 28.0. The molecular formula is C64H72N6O12S2. The van der Waals surface area contributed by atoms with E-state index in [4.69, 9.17) is 18.9 Å². The number of carbonyl (C=O) groups excluding carboxylic acids is 4. The van der Waals surface area contributed by atoms with E-state index in [2.05, 4.69) is 74.9 Å². The average Bonchev–Trinajstić information content (AvgIpc) is 3.88. The largest absolute Gasteiger partial charge is 0.496 e. The lowest BCUT2D eigenvalue weighted by Crippen LogP contribution is -2.52. The van der Waals surface area contributed by atoms with E-state index in [-0.39, 0.29) is 69.2 Å². The van der Waals surface area contributed by atoms with Gasteiger partial charge in [0.05, 0.1) is 56.5 Å². The van der Waals surface area contributed by atoms with Crippen LogP contribution in [0.15, 0.2) is 142 Å². The summed E-state index contributed by atoms with van der Waals surface area (Å²) in [6.45, 7) is 3.02. The van der Waals surface area contributed by atoms with Gasteiger partial charge < -0.3 is 55.3 Å². The Balaban J connectivity index is 0.677. The minimum absolute atomic E-state index is 0.0760. The number of hydrogen-bond acceptors (Lipinski definition) is 14. The topological polar surface area (TPSA) is 234 Å². The SMILES string of the molecule is COc1cc(-c2ccc(Nc3ccccc3C(=O)NCC(=O)CCCOCCOCC(=O)NC(CCCCNC(=O)N3CCN(C4Cc5ccccc5Sc5ccc(SC)cc54)CC3)C(=O)O)c(OC)c2)ccc1Cc1ccccc1C(=O)O. The maximum Gasteiger partial charge on any atom is 0.335 e. The molecule has 0 aromatic heterocycles. The summed E-state index contributed by atoms with van der Waals surface area (Å²) in [5.41, 5.74) is 7.52. The third kappa shape index (κ3) is 17.1. The van der Waals surface area contributed by atoms with Gasteiger partial charge in [-0.1, -0.05) is 78.5 Å². The number of aromatic carboxylic acids is 1. The van der Waals surface area contributed by atoms with Gasteiger partial charge in [0, 0.05) is 72.9 Å². The number of Topliss-reactive ketones (excluding diaryl/α,β-unsaturated/α-hetero) is 1. The van der Waals surface area contributed by atoms with Crippen LogP contribution in [0.3, 0.4) is 0 Å². The molecule has 1 saturated heterocycles. The molecule has 0 spiro atoms. The lowest BCUT2D eigenvalue weighted by Gasteiger charge is -2.39. The molecule has 442 valence electrons. The van der Waals surface area contributed by atoms with E-state index in [1.54, 1.807) is 68.4 Å². The zero-order valence-corrected chi connectivity index (χ0v) is 49.1. The quantitative estimate of drug-likeness (QED) is 0.0189. The van der Waals surface area contributed by atoms with E-state index < -0.39 is 29.8 Å². The fourth-order valence-corrected chi connectivity index (χ4v) is 11.8. The van der Waals surface area contributed by atoms with Crippen molar-refractivity contribution in [1.82, 2.24) is 25.8 Å². The number of urea groups is 1. The average molecular weight is 1180 g/mol. The number of nitrogens with zero attached hydrogens (tertiary/aromatic N) is 2. The van der Waals surface area contributed by atoms with Crippen LogP contribution in [-0.4, -0.2) is 148 Å². The predicted molar refractivity (Wildman–Crippen MR) is 324 cm³/mol. The summed E-state index contributed by atoms with van der Waals surface area (Å²) in [5.74, 6) is -2.23. The third-order valence-corrected chi connectivity index (χ3v) is 16.7. The number of ether oxygens (including phenoxy) is 4. The molecule has 2 unspecified atom stereocenters. The first-order valence-corrected chi connectivity index (χ1v) is 30.1. The summed E-state index contributed by atoms with van der Waals surface area (Å²) < 4.78 is 22.5. The van der Waals surface area contributed by atoms with Crippen LogP contribution in [-0.2, 0) is 36.7 Å². The molecular weight excluding hydrogens is 1110 g/mol. The summed E-state index contributed by atoms with van der Waals surface area (Å²) in [4.78, 5) is 83.8. The van der Waals surface area contributed by atoms with E-state index in [9.17, 15) is 39.0 Å². The number of nitrogens with one attached hydrogen (secondary N) is 4. The van der Waals surface area contributed by atoms with Crippen molar-refractivity contribution in [3.05, 3.63) is 161 Å². The van der Waals surface area contributed by atoms with Crippen molar-refractivity contribution >= 4 is 70.5 Å². The molecule has 2 aliphatic heterocycles. The van der Waals surface area contributed by atoms with Crippen LogP contribution in [0.5, 0.6) is 11.5 Å². The van der Waals surface area contributed by atoms with Crippen LogP contribution in [0.2, 0.25) is 0 Å². The van der Waals surface area contributed by atoms with Gasteiger partial charge in [-0.25, -0.2) is 14.4 Å². The number of methoxy groups -OCH3 is 2. The highest BCUT2D eigenvalue weighted by Gasteiger charge is 2.32. The molecule has 0 bridgehead atoms. The molecule has 0 aliphatic carbocycles. The third-order valence-electron chi connectivity index (χ3n) is 14.7. The minimum atomic E-state index is -1.16. The summed E-state index contributed by atoms with van der Waals surface area (Å²) in [5, 5.41) is 31.0. The number of aliphatic carboxylic acids is 1. The van der Waals surface area contributed by atoms with E-state index >= 15 is 0 Å². The number of hydrogen-bond donors (Lipinski definition) is 6. The van der Waals surface area contributed by atoms with Crippen molar-refractivity contribution < 1.29 is 57.9 Å². The van der Waals surface area contributed by atoms with Crippen LogP contribution >= 0.6 is 23.5 Å². The van der Waals surface area contributed by atoms with Crippen LogP contribution in [0.1, 0.15) is 81.1 Å². The number of anilines is 2. The Bertz CT molecular complexity index is 3280. The maximum atomic E-state index is 13.4. The molecule has 8 rings (SSSR count). The van der Waals surface area contributed by atoms with Gasteiger partial charge in [0.2, 0.25) is 5.91 Å². The molecule has 0 radical (unpaired) electrons. The molecule has 6 aromatic rings. The number of fused-ring (bicyclic) bond motifs is 2. The van der Waals surface area contributed by atoms with Crippen molar-refractivity contribution in [3.63, 3.8) is 0 Å². The normalized spacial score (nSPS) is 14.2. The fourth-order valence-electron chi connectivity index (χ4n) is 10.2. The summed E-state index contributed by atoms with van der Waals surface area (Å²) in [6.07, 6.45) is 5.14. The number of carboxylic acid groups (broad SMARTS) is 2. The van der Waals surface area contributed by atoms with Crippen molar-refractivity contribution in [3.8, 4) is 22.6 Å². The second kappa shape index (κ2) is 31.1. The Morgan fingerprint density at radius 3 is 2.17 bits per heavy atom. The van der Waals surface area contributed by atoms with Gasteiger partial charge in [-0.05, 0) is 132 Å². The molecule has 2 atom stereocenters. The molecule has 1 fully saturated rings. The molecule has 20 heteroatoms. The van der Waals surface area contributed by atoms with Gasteiger partial charge in [0.1, 0.15) is 24.1 Å². The molecule has 84 heavy (non-hydrogen) atoms. The highest BCUT2D eigenvalue weighted by Crippen LogP contribution is 2.44. The number of thioether (sulfide) groups is 1. The molecule has 6 N–H and O–H groups in total. The van der Waals surface area contributed by atoms with Crippen LogP contribution in [0.4, 0.5) is 16.2 Å². The zero-order valence-electron chi connectivity index (χ0n) is 47.5. The highest BCUT2D eigenvalue weighted by molar-refractivity contribution is 7.99. The standard InChI is InChI=1S/C64H72N6O12S2/c1-79-56-37-42(21-22-45(56)35-44-13-4-6-16-49(44)62(74)75)43-23-25-53(57(38-43)80-2)67-52-18-8-7-17-50(52)61(73)66-40-47(71)15-12-32-81-33-34-82-41-60(72)68-54(63(76)77)19-10-11-27-65-64(78)70-30-28-69(29-31-70)55-36-46-14-5-9-20-58(46)84-59-26-24-48(83-3)39-51(55)59/h4-9,13-14,16-18,20-26,37-39,54-55,67H,10-12,15,19,27-36,40-41H2,1-3H3,(H,65,78)(H,66,73)(H,68,72)(H,74,75)(H,76,77). The number of ketones is 1. The zero-order chi connectivity index (χ0) is 59.4. The number of carboxylic acids is 2. The number of piperazine rings is 1.